The third kappa shape index (κ3) is 1.79. The number of rotatable bonds is 2. The van der Waals surface area contributed by atoms with Crippen molar-refractivity contribution in [3.63, 3.8) is 0 Å². The minimum Gasteiger partial charge on any atom is -0.497 e. The first-order chi connectivity index (χ1) is 13.3. The fourth-order valence-electron chi connectivity index (χ4n) is 4.09. The Bertz CT molecular complexity index is 1270. The van der Waals surface area contributed by atoms with Gasteiger partial charge in [0.05, 0.1) is 36.0 Å². The number of benzene rings is 3. The summed E-state index contributed by atoms with van der Waals surface area (Å²) in [6, 6.07) is 12.0. The van der Waals surface area contributed by atoms with E-state index in [1.165, 1.54) is 0 Å². The van der Waals surface area contributed by atoms with E-state index in [-0.39, 0.29) is 6.79 Å². The number of ether oxygens (including phenoxy) is 4. The van der Waals surface area contributed by atoms with Crippen molar-refractivity contribution in [3.8, 4) is 23.0 Å². The van der Waals surface area contributed by atoms with Gasteiger partial charge in [-0.3, -0.25) is 0 Å². The average Bonchev–Trinajstić information content (AvgIpc) is 3.40. The van der Waals surface area contributed by atoms with Gasteiger partial charge in [0.25, 0.3) is 0 Å². The van der Waals surface area contributed by atoms with Crippen LogP contribution in [-0.2, 0) is 0 Å². The molecule has 0 atom stereocenters. The third-order valence-corrected chi connectivity index (χ3v) is 5.33. The lowest BCUT2D eigenvalue weighted by atomic mass is 10.1. The first kappa shape index (κ1) is 14.6. The molecule has 0 amide bonds. The third-order valence-electron chi connectivity index (χ3n) is 5.33. The van der Waals surface area contributed by atoms with Gasteiger partial charge in [-0.2, -0.15) is 0 Å². The van der Waals surface area contributed by atoms with E-state index >= 15 is 0 Å². The van der Waals surface area contributed by atoms with Crippen molar-refractivity contribution in [1.82, 2.24) is 9.97 Å². The van der Waals surface area contributed by atoms with Gasteiger partial charge in [-0.25, -0.2) is 0 Å². The van der Waals surface area contributed by atoms with Crippen LogP contribution in [0, 0.1) is 0 Å². The highest BCUT2D eigenvalue weighted by molar-refractivity contribution is 6.26. The van der Waals surface area contributed by atoms with Gasteiger partial charge in [-0.15, -0.1) is 0 Å². The Balaban J connectivity index is 1.86. The standard InChI is InChI=1S/C21H16N2O4/c1-24-10-3-5-14-12(7-10)16-18(22-14)19-17(21-20(16)26-9-27-21)13-8-11(25-2)4-6-15(13)23-19/h3-8,22-23H,9H2,1-2H3. The maximum absolute atomic E-state index is 5.91. The van der Waals surface area contributed by atoms with Crippen molar-refractivity contribution in [2.75, 3.05) is 21.0 Å². The van der Waals surface area contributed by atoms with Crippen LogP contribution in [-0.4, -0.2) is 31.0 Å². The van der Waals surface area contributed by atoms with Crippen LogP contribution in [0.2, 0.25) is 0 Å². The molecule has 0 radical (unpaired) electrons. The van der Waals surface area contributed by atoms with Gasteiger partial charge in [0.1, 0.15) is 11.5 Å². The van der Waals surface area contributed by atoms with E-state index in [0.717, 1.165) is 66.6 Å². The zero-order valence-electron chi connectivity index (χ0n) is 14.8. The van der Waals surface area contributed by atoms with Crippen molar-refractivity contribution in [2.24, 2.45) is 0 Å². The number of H-pyrrole nitrogens is 2. The lowest BCUT2D eigenvalue weighted by Crippen LogP contribution is -1.93. The number of hydrogen-bond donors (Lipinski definition) is 2. The van der Waals surface area contributed by atoms with E-state index in [9.17, 15) is 0 Å². The fraction of sp³-hybridized carbons (Fsp3) is 0.143. The summed E-state index contributed by atoms with van der Waals surface area (Å²) in [5.41, 5.74) is 4.03. The molecule has 2 aromatic heterocycles. The lowest BCUT2D eigenvalue weighted by molar-refractivity contribution is 0.176. The normalized spacial score (nSPS) is 13.3. The average molecular weight is 360 g/mol. The molecule has 0 spiro atoms. The van der Waals surface area contributed by atoms with Crippen molar-refractivity contribution >= 4 is 43.6 Å². The van der Waals surface area contributed by atoms with Crippen LogP contribution >= 0.6 is 0 Å². The van der Waals surface area contributed by atoms with Crippen LogP contribution < -0.4 is 18.9 Å². The van der Waals surface area contributed by atoms with Crippen LogP contribution in [0.3, 0.4) is 0 Å². The largest absolute Gasteiger partial charge is 0.497 e. The molecule has 0 saturated heterocycles. The highest BCUT2D eigenvalue weighted by atomic mass is 16.7. The van der Waals surface area contributed by atoms with Crippen molar-refractivity contribution in [1.29, 1.82) is 0 Å². The molecule has 1 aliphatic rings. The molecule has 0 aliphatic carbocycles. The van der Waals surface area contributed by atoms with E-state index in [1.54, 1.807) is 14.2 Å². The van der Waals surface area contributed by atoms with E-state index in [4.69, 9.17) is 18.9 Å². The van der Waals surface area contributed by atoms with E-state index in [2.05, 4.69) is 9.97 Å². The zero-order chi connectivity index (χ0) is 18.1. The molecule has 5 aromatic rings. The van der Waals surface area contributed by atoms with Gasteiger partial charge >= 0.3 is 0 Å². The Morgan fingerprint density at radius 2 is 1.22 bits per heavy atom. The Morgan fingerprint density at radius 1 is 0.741 bits per heavy atom. The molecule has 6 nitrogen and oxygen atoms in total. The summed E-state index contributed by atoms with van der Waals surface area (Å²) < 4.78 is 22.6. The lowest BCUT2D eigenvalue weighted by Gasteiger charge is -2.04. The highest BCUT2D eigenvalue weighted by Crippen LogP contribution is 2.51. The van der Waals surface area contributed by atoms with Gasteiger partial charge in [-0.1, -0.05) is 0 Å². The zero-order valence-corrected chi connectivity index (χ0v) is 14.8. The predicted molar refractivity (Wildman–Crippen MR) is 104 cm³/mol. The monoisotopic (exact) mass is 360 g/mol. The molecule has 0 fully saturated rings. The second kappa shape index (κ2) is 5.01. The van der Waals surface area contributed by atoms with E-state index in [1.807, 2.05) is 36.4 Å². The Hall–Kier alpha value is -3.54. The number of fused-ring (bicyclic) bond motifs is 10. The molecule has 0 saturated carbocycles. The second-order valence-electron chi connectivity index (χ2n) is 6.64. The quantitative estimate of drug-likeness (QED) is 0.479. The fourth-order valence-corrected chi connectivity index (χ4v) is 4.09. The van der Waals surface area contributed by atoms with Gasteiger partial charge in [-0.05, 0) is 36.4 Å². The Labute approximate surface area is 153 Å². The van der Waals surface area contributed by atoms with Crippen molar-refractivity contribution in [2.45, 2.75) is 0 Å². The van der Waals surface area contributed by atoms with Gasteiger partial charge in [0.2, 0.25) is 6.79 Å². The summed E-state index contributed by atoms with van der Waals surface area (Å²) in [7, 11) is 3.34. The number of aromatic amines is 2. The SMILES string of the molecule is COc1ccc2[nH]c3c4[nH]c5ccc(OC)cc5c4c4c(c3c2c1)OCO4. The summed E-state index contributed by atoms with van der Waals surface area (Å²) in [6.45, 7) is 0.205. The molecule has 134 valence electrons. The topological polar surface area (TPSA) is 68.5 Å². The van der Waals surface area contributed by atoms with Crippen LogP contribution in [0.4, 0.5) is 0 Å². The molecular formula is C21H16N2O4. The molecule has 0 unspecified atom stereocenters. The summed E-state index contributed by atoms with van der Waals surface area (Å²) >= 11 is 0. The second-order valence-corrected chi connectivity index (χ2v) is 6.64. The van der Waals surface area contributed by atoms with Gasteiger partial charge in [0, 0.05) is 21.8 Å². The maximum Gasteiger partial charge on any atom is 0.231 e. The van der Waals surface area contributed by atoms with Gasteiger partial charge in [0.15, 0.2) is 11.5 Å². The molecule has 3 heterocycles. The Morgan fingerprint density at radius 3 is 1.67 bits per heavy atom. The molecule has 1 aliphatic heterocycles. The minimum absolute atomic E-state index is 0.205. The molecule has 6 heteroatoms. The highest BCUT2D eigenvalue weighted by Gasteiger charge is 2.27. The molecule has 27 heavy (non-hydrogen) atoms. The summed E-state index contributed by atoms with van der Waals surface area (Å²) in [6.07, 6.45) is 0. The molecule has 6 rings (SSSR count). The number of methoxy groups -OCH3 is 2. The summed E-state index contributed by atoms with van der Waals surface area (Å²) in [5, 5.41) is 4.10. The van der Waals surface area contributed by atoms with Crippen molar-refractivity contribution in [3.05, 3.63) is 36.4 Å². The molecule has 0 bridgehead atoms. The smallest absolute Gasteiger partial charge is 0.231 e. The maximum atomic E-state index is 5.91. The first-order valence-corrected chi connectivity index (χ1v) is 8.69. The van der Waals surface area contributed by atoms with Gasteiger partial charge < -0.3 is 28.9 Å². The number of nitrogens with one attached hydrogen (secondary N) is 2. The number of hydrogen-bond acceptors (Lipinski definition) is 4. The predicted octanol–water partition coefficient (Wildman–Crippen LogP) is 4.70. The van der Waals surface area contributed by atoms with E-state index in [0.29, 0.717) is 0 Å². The van der Waals surface area contributed by atoms with Crippen LogP contribution in [0.1, 0.15) is 0 Å². The van der Waals surface area contributed by atoms with Crippen LogP contribution in [0.15, 0.2) is 36.4 Å². The molecule has 3 aromatic carbocycles. The molecular weight excluding hydrogens is 344 g/mol. The van der Waals surface area contributed by atoms with Crippen molar-refractivity contribution < 1.29 is 18.9 Å². The Kier molecular flexibility index (Phi) is 2.71. The molecule has 2 N–H and O–H groups in total. The summed E-state index contributed by atoms with van der Waals surface area (Å²) in [4.78, 5) is 7.08. The van der Waals surface area contributed by atoms with Crippen LogP contribution in [0.5, 0.6) is 23.0 Å². The van der Waals surface area contributed by atoms with Crippen LogP contribution in [0.25, 0.3) is 43.6 Å². The number of aromatic nitrogens is 2. The van der Waals surface area contributed by atoms with E-state index < -0.39 is 0 Å². The first-order valence-electron chi connectivity index (χ1n) is 8.69. The minimum atomic E-state index is 0.205. The summed E-state index contributed by atoms with van der Waals surface area (Å²) in [5.74, 6) is 3.14.